The van der Waals surface area contributed by atoms with E-state index in [1.807, 2.05) is 13.8 Å². The van der Waals surface area contributed by atoms with Gasteiger partial charge in [-0.05, 0) is 6.42 Å². The van der Waals surface area contributed by atoms with Crippen molar-refractivity contribution in [1.82, 2.24) is 9.97 Å². The fourth-order valence-electron chi connectivity index (χ4n) is 1.21. The van der Waals surface area contributed by atoms with Gasteiger partial charge in [0.25, 0.3) is 5.56 Å². The molecule has 0 saturated heterocycles. The summed E-state index contributed by atoms with van der Waals surface area (Å²) in [5.74, 6) is 0. The summed E-state index contributed by atoms with van der Waals surface area (Å²) < 4.78 is 0. The monoisotopic (exact) mass is 215 g/mol. The number of hydrogen-bond acceptors (Lipinski definition) is 3. The van der Waals surface area contributed by atoms with Gasteiger partial charge in [-0.2, -0.15) is 0 Å². The third-order valence-electron chi connectivity index (χ3n) is 2.60. The minimum atomic E-state index is -0.328. The topological polar surface area (TPSA) is 71.8 Å². The van der Waals surface area contributed by atoms with Crippen molar-refractivity contribution in [1.29, 1.82) is 0 Å². The SMILES string of the molecule is CCC(C)(CN)c1nc[nH]c(=O)c1Cl. The molecular formula is C9H14ClN3O. The zero-order chi connectivity index (χ0) is 10.8. The van der Waals surface area contributed by atoms with E-state index in [-0.39, 0.29) is 16.0 Å². The van der Waals surface area contributed by atoms with Crippen LogP contribution in [0.1, 0.15) is 26.0 Å². The van der Waals surface area contributed by atoms with Gasteiger partial charge in [0.1, 0.15) is 5.02 Å². The van der Waals surface area contributed by atoms with Gasteiger partial charge in [0.2, 0.25) is 0 Å². The summed E-state index contributed by atoms with van der Waals surface area (Å²) in [5.41, 5.74) is 5.59. The summed E-state index contributed by atoms with van der Waals surface area (Å²) in [5, 5.41) is 0.141. The minimum absolute atomic E-state index is 0.141. The van der Waals surface area contributed by atoms with Gasteiger partial charge in [-0.25, -0.2) is 4.98 Å². The van der Waals surface area contributed by atoms with Gasteiger partial charge in [-0.15, -0.1) is 0 Å². The molecule has 0 saturated carbocycles. The van der Waals surface area contributed by atoms with Crippen molar-refractivity contribution in [2.45, 2.75) is 25.7 Å². The normalized spacial score (nSPS) is 15.1. The molecule has 0 aromatic carbocycles. The molecule has 5 heteroatoms. The van der Waals surface area contributed by atoms with Crippen molar-refractivity contribution >= 4 is 11.6 Å². The third kappa shape index (κ3) is 1.81. The first kappa shape index (κ1) is 11.2. The molecule has 0 spiro atoms. The Labute approximate surface area is 87.5 Å². The number of H-pyrrole nitrogens is 1. The number of nitrogens with one attached hydrogen (secondary N) is 1. The van der Waals surface area contributed by atoms with Crippen molar-refractivity contribution < 1.29 is 0 Å². The lowest BCUT2D eigenvalue weighted by Crippen LogP contribution is -2.34. The van der Waals surface area contributed by atoms with Gasteiger partial charge in [0, 0.05) is 12.0 Å². The number of nitrogens with two attached hydrogens (primary N) is 1. The second-order valence-electron chi connectivity index (χ2n) is 3.51. The van der Waals surface area contributed by atoms with Crippen LogP contribution in [0.25, 0.3) is 0 Å². The van der Waals surface area contributed by atoms with Crippen LogP contribution in [-0.2, 0) is 5.41 Å². The Morgan fingerprint density at radius 1 is 1.71 bits per heavy atom. The minimum Gasteiger partial charge on any atom is -0.330 e. The van der Waals surface area contributed by atoms with E-state index in [1.54, 1.807) is 0 Å². The summed E-state index contributed by atoms with van der Waals surface area (Å²) in [4.78, 5) is 17.8. The van der Waals surface area contributed by atoms with Gasteiger partial charge < -0.3 is 10.7 Å². The molecule has 0 aliphatic rings. The maximum absolute atomic E-state index is 11.3. The van der Waals surface area contributed by atoms with Crippen LogP contribution in [0, 0.1) is 0 Å². The van der Waals surface area contributed by atoms with E-state index in [0.717, 1.165) is 6.42 Å². The van der Waals surface area contributed by atoms with Crippen molar-refractivity contribution in [2.24, 2.45) is 5.73 Å². The van der Waals surface area contributed by atoms with Crippen LogP contribution in [0.15, 0.2) is 11.1 Å². The average Bonchev–Trinajstić information content (AvgIpc) is 2.21. The Morgan fingerprint density at radius 3 is 2.86 bits per heavy atom. The molecule has 0 radical (unpaired) electrons. The van der Waals surface area contributed by atoms with Crippen molar-refractivity contribution in [3.05, 3.63) is 27.4 Å². The van der Waals surface area contributed by atoms with E-state index in [1.165, 1.54) is 6.33 Å². The van der Waals surface area contributed by atoms with Gasteiger partial charge in [-0.1, -0.05) is 25.4 Å². The number of aromatic amines is 1. The van der Waals surface area contributed by atoms with Crippen molar-refractivity contribution in [3.8, 4) is 0 Å². The van der Waals surface area contributed by atoms with Crippen LogP contribution in [0.3, 0.4) is 0 Å². The highest BCUT2D eigenvalue weighted by atomic mass is 35.5. The highest BCUT2D eigenvalue weighted by Crippen LogP contribution is 2.27. The zero-order valence-electron chi connectivity index (χ0n) is 8.30. The van der Waals surface area contributed by atoms with E-state index < -0.39 is 0 Å². The van der Waals surface area contributed by atoms with Gasteiger partial charge >= 0.3 is 0 Å². The molecule has 1 heterocycles. The van der Waals surface area contributed by atoms with E-state index in [9.17, 15) is 4.79 Å². The lowest BCUT2D eigenvalue weighted by atomic mass is 9.84. The van der Waals surface area contributed by atoms with E-state index in [2.05, 4.69) is 9.97 Å². The van der Waals surface area contributed by atoms with Crippen LogP contribution in [-0.4, -0.2) is 16.5 Å². The number of hydrogen-bond donors (Lipinski definition) is 2. The van der Waals surface area contributed by atoms with Crippen molar-refractivity contribution in [3.63, 3.8) is 0 Å². The van der Waals surface area contributed by atoms with Gasteiger partial charge in [0.05, 0.1) is 12.0 Å². The molecule has 1 atom stereocenters. The average molecular weight is 216 g/mol. The molecule has 4 nitrogen and oxygen atoms in total. The Morgan fingerprint density at radius 2 is 2.36 bits per heavy atom. The second-order valence-corrected chi connectivity index (χ2v) is 3.89. The number of halogens is 1. The lowest BCUT2D eigenvalue weighted by Gasteiger charge is -2.25. The van der Waals surface area contributed by atoms with Crippen LogP contribution in [0.2, 0.25) is 5.02 Å². The number of rotatable bonds is 3. The molecule has 78 valence electrons. The first-order valence-corrected chi connectivity index (χ1v) is 4.86. The Kier molecular flexibility index (Phi) is 3.29. The smallest absolute Gasteiger partial charge is 0.269 e. The molecule has 0 fully saturated rings. The second kappa shape index (κ2) is 4.11. The molecule has 0 aliphatic heterocycles. The number of nitrogens with zero attached hydrogens (tertiary/aromatic N) is 1. The largest absolute Gasteiger partial charge is 0.330 e. The maximum atomic E-state index is 11.3. The predicted octanol–water partition coefficient (Wildman–Crippen LogP) is 1.05. The number of aromatic nitrogens is 2. The first-order chi connectivity index (χ1) is 6.55. The molecular weight excluding hydrogens is 202 g/mol. The summed E-state index contributed by atoms with van der Waals surface area (Å²) in [6.07, 6.45) is 2.15. The molecule has 3 N–H and O–H groups in total. The van der Waals surface area contributed by atoms with E-state index >= 15 is 0 Å². The lowest BCUT2D eigenvalue weighted by molar-refractivity contribution is 0.452. The third-order valence-corrected chi connectivity index (χ3v) is 2.95. The Hall–Kier alpha value is -0.870. The van der Waals surface area contributed by atoms with E-state index in [0.29, 0.717) is 12.2 Å². The zero-order valence-corrected chi connectivity index (χ0v) is 9.06. The molecule has 0 aliphatic carbocycles. The standard InChI is InChI=1S/C9H14ClN3O/c1-3-9(2,4-11)7-6(10)8(14)13-5-12-7/h5H,3-4,11H2,1-2H3,(H,12,13,14). The van der Waals surface area contributed by atoms with E-state index in [4.69, 9.17) is 17.3 Å². The highest BCUT2D eigenvalue weighted by Gasteiger charge is 2.27. The van der Waals surface area contributed by atoms with Crippen LogP contribution in [0.5, 0.6) is 0 Å². The fraction of sp³-hybridized carbons (Fsp3) is 0.556. The highest BCUT2D eigenvalue weighted by molar-refractivity contribution is 6.31. The molecule has 0 amide bonds. The molecule has 1 rings (SSSR count). The predicted molar refractivity (Wildman–Crippen MR) is 56.6 cm³/mol. The van der Waals surface area contributed by atoms with Gasteiger partial charge in [-0.3, -0.25) is 4.79 Å². The molecule has 1 unspecified atom stereocenters. The molecule has 0 bridgehead atoms. The summed E-state index contributed by atoms with van der Waals surface area (Å²) in [6, 6.07) is 0. The summed E-state index contributed by atoms with van der Waals surface area (Å²) in [7, 11) is 0. The summed E-state index contributed by atoms with van der Waals surface area (Å²) in [6.45, 7) is 4.35. The molecule has 14 heavy (non-hydrogen) atoms. The summed E-state index contributed by atoms with van der Waals surface area (Å²) >= 11 is 5.87. The molecule has 1 aromatic rings. The molecule has 1 aromatic heterocycles. The Balaban J connectivity index is 3.31. The van der Waals surface area contributed by atoms with Crippen LogP contribution in [0.4, 0.5) is 0 Å². The van der Waals surface area contributed by atoms with Crippen LogP contribution < -0.4 is 11.3 Å². The maximum Gasteiger partial charge on any atom is 0.269 e. The first-order valence-electron chi connectivity index (χ1n) is 4.49. The Bertz CT molecular complexity index is 371. The van der Waals surface area contributed by atoms with Crippen molar-refractivity contribution in [2.75, 3.05) is 6.54 Å². The van der Waals surface area contributed by atoms with Crippen LogP contribution >= 0.6 is 11.6 Å². The quantitative estimate of drug-likeness (QED) is 0.792. The fourth-order valence-corrected chi connectivity index (χ4v) is 1.54. The van der Waals surface area contributed by atoms with Gasteiger partial charge in [0.15, 0.2) is 0 Å².